The molecule has 1 atom stereocenters. The normalized spacial score (nSPS) is 18.9. The molecule has 1 fully saturated rings. The number of urea groups is 1. The van der Waals surface area contributed by atoms with Crippen molar-refractivity contribution in [3.05, 3.63) is 0 Å². The predicted octanol–water partition coefficient (Wildman–Crippen LogP) is -0.229. The van der Waals surface area contributed by atoms with E-state index in [1.165, 1.54) is 4.90 Å². The summed E-state index contributed by atoms with van der Waals surface area (Å²) in [6.07, 6.45) is 1.91. The molecule has 0 bridgehead atoms. The molecule has 3 N–H and O–H groups in total. The van der Waals surface area contributed by atoms with Crippen LogP contribution in [-0.2, 0) is 9.59 Å². The Morgan fingerprint density at radius 1 is 1.56 bits per heavy atom. The van der Waals surface area contributed by atoms with Gasteiger partial charge in [0, 0.05) is 26.6 Å². The summed E-state index contributed by atoms with van der Waals surface area (Å²) < 4.78 is 0. The quantitative estimate of drug-likeness (QED) is 0.633. The summed E-state index contributed by atoms with van der Waals surface area (Å²) in [4.78, 5) is 34.9. The number of carbonyl (C=O) groups excluding carboxylic acids is 2. The fourth-order valence-electron chi connectivity index (χ4n) is 1.74. The maximum Gasteiger partial charge on any atom is 0.317 e. The average molecular weight is 257 g/mol. The molecule has 0 aliphatic carbocycles. The van der Waals surface area contributed by atoms with Gasteiger partial charge in [-0.05, 0) is 19.3 Å². The highest BCUT2D eigenvalue weighted by Crippen LogP contribution is 2.03. The van der Waals surface area contributed by atoms with Crippen LogP contribution in [0, 0.1) is 0 Å². The second-order valence-corrected chi connectivity index (χ2v) is 4.35. The van der Waals surface area contributed by atoms with Gasteiger partial charge in [-0.25, -0.2) is 4.79 Å². The second-order valence-electron chi connectivity index (χ2n) is 4.35. The molecule has 0 spiro atoms. The van der Waals surface area contributed by atoms with Crippen LogP contribution >= 0.6 is 0 Å². The van der Waals surface area contributed by atoms with Crippen LogP contribution in [0.3, 0.4) is 0 Å². The Kier molecular flexibility index (Phi) is 5.41. The van der Waals surface area contributed by atoms with Crippen LogP contribution in [0.2, 0.25) is 0 Å². The molecule has 0 aromatic rings. The van der Waals surface area contributed by atoms with Crippen LogP contribution in [0.4, 0.5) is 4.79 Å². The topological polar surface area (TPSA) is 98.7 Å². The van der Waals surface area contributed by atoms with Gasteiger partial charge in [0.05, 0.1) is 0 Å². The molecule has 1 aliphatic rings. The molecule has 0 aromatic carbocycles. The molecule has 1 aliphatic heterocycles. The van der Waals surface area contributed by atoms with Gasteiger partial charge in [-0.1, -0.05) is 0 Å². The van der Waals surface area contributed by atoms with E-state index < -0.39 is 12.0 Å². The van der Waals surface area contributed by atoms with E-state index in [-0.39, 0.29) is 18.4 Å². The van der Waals surface area contributed by atoms with Crippen LogP contribution in [0.5, 0.6) is 0 Å². The number of hydrogen-bond donors (Lipinski definition) is 3. The number of carbonyl (C=O) groups is 3. The molecule has 102 valence electrons. The lowest BCUT2D eigenvalue weighted by atomic mass is 10.1. The van der Waals surface area contributed by atoms with Gasteiger partial charge >= 0.3 is 12.0 Å². The Morgan fingerprint density at radius 2 is 2.28 bits per heavy atom. The van der Waals surface area contributed by atoms with Crippen molar-refractivity contribution >= 4 is 17.9 Å². The van der Waals surface area contributed by atoms with Crippen molar-refractivity contribution < 1.29 is 19.5 Å². The fourth-order valence-corrected chi connectivity index (χ4v) is 1.74. The summed E-state index contributed by atoms with van der Waals surface area (Å²) >= 11 is 0. The van der Waals surface area contributed by atoms with Gasteiger partial charge in [-0.15, -0.1) is 0 Å². The van der Waals surface area contributed by atoms with Gasteiger partial charge in [0.15, 0.2) is 0 Å². The van der Waals surface area contributed by atoms with E-state index >= 15 is 0 Å². The minimum atomic E-state index is -0.879. The summed E-state index contributed by atoms with van der Waals surface area (Å²) in [5, 5.41) is 13.8. The third-order valence-electron chi connectivity index (χ3n) is 2.81. The Balaban J connectivity index is 2.30. The minimum Gasteiger partial charge on any atom is -0.481 e. The molecule has 3 amide bonds. The molecule has 1 heterocycles. The number of nitrogens with zero attached hydrogens (tertiary/aromatic N) is 1. The zero-order valence-electron chi connectivity index (χ0n) is 10.4. The summed E-state index contributed by atoms with van der Waals surface area (Å²) in [6.45, 7) is 1.01. The molecule has 1 saturated heterocycles. The lowest BCUT2D eigenvalue weighted by Crippen LogP contribution is -2.53. The monoisotopic (exact) mass is 257 g/mol. The fraction of sp³-hybridized carbons (Fsp3) is 0.727. The number of piperidine rings is 1. The van der Waals surface area contributed by atoms with Crippen molar-refractivity contribution in [1.82, 2.24) is 15.5 Å². The molecule has 0 saturated carbocycles. The van der Waals surface area contributed by atoms with Crippen LogP contribution in [0.1, 0.15) is 25.7 Å². The zero-order chi connectivity index (χ0) is 13.5. The van der Waals surface area contributed by atoms with E-state index in [1.54, 1.807) is 7.05 Å². The predicted molar refractivity (Wildman–Crippen MR) is 64.1 cm³/mol. The lowest BCUT2D eigenvalue weighted by molar-refractivity contribution is -0.137. The minimum absolute atomic E-state index is 0.0293. The maximum atomic E-state index is 11.7. The van der Waals surface area contributed by atoms with Crippen LogP contribution < -0.4 is 10.6 Å². The number of hydrogen-bond acceptors (Lipinski definition) is 3. The van der Waals surface area contributed by atoms with E-state index in [9.17, 15) is 14.4 Å². The summed E-state index contributed by atoms with van der Waals surface area (Å²) in [5.74, 6) is -1.04. The Hall–Kier alpha value is -1.79. The average Bonchev–Trinajstić information content (AvgIpc) is 2.31. The van der Waals surface area contributed by atoms with Gasteiger partial charge in [0.2, 0.25) is 5.91 Å². The van der Waals surface area contributed by atoms with Crippen LogP contribution in [0.25, 0.3) is 0 Å². The molecule has 7 heteroatoms. The lowest BCUT2D eigenvalue weighted by Gasteiger charge is -2.25. The molecule has 18 heavy (non-hydrogen) atoms. The number of carboxylic acids is 1. The van der Waals surface area contributed by atoms with Crippen molar-refractivity contribution in [2.24, 2.45) is 0 Å². The number of aliphatic carboxylic acids is 1. The SMILES string of the molecule is CN(CCCC(=O)O)C(=O)NC1CCCNC1=O. The van der Waals surface area contributed by atoms with Crippen molar-refractivity contribution in [3.63, 3.8) is 0 Å². The maximum absolute atomic E-state index is 11.7. The first-order valence-corrected chi connectivity index (χ1v) is 6.02. The standard InChI is InChI=1S/C11H19N3O4/c1-14(7-3-5-9(15)16)11(18)13-8-4-2-6-12-10(8)17/h8H,2-7H2,1H3,(H,12,17)(H,13,18)(H,15,16). The first-order valence-electron chi connectivity index (χ1n) is 6.02. The first kappa shape index (κ1) is 14.3. The van der Waals surface area contributed by atoms with Gasteiger partial charge < -0.3 is 20.6 Å². The first-order chi connectivity index (χ1) is 8.50. The van der Waals surface area contributed by atoms with Crippen molar-refractivity contribution in [2.75, 3.05) is 20.1 Å². The number of carboxylic acid groups (broad SMARTS) is 1. The highest BCUT2D eigenvalue weighted by Gasteiger charge is 2.24. The van der Waals surface area contributed by atoms with E-state index in [0.717, 1.165) is 6.42 Å². The van der Waals surface area contributed by atoms with Crippen LogP contribution in [-0.4, -0.2) is 54.1 Å². The van der Waals surface area contributed by atoms with Crippen LogP contribution in [0.15, 0.2) is 0 Å². The molecular formula is C11H19N3O4. The highest BCUT2D eigenvalue weighted by atomic mass is 16.4. The smallest absolute Gasteiger partial charge is 0.317 e. The van der Waals surface area contributed by atoms with Gasteiger partial charge in [0.25, 0.3) is 0 Å². The molecule has 1 unspecified atom stereocenters. The second kappa shape index (κ2) is 6.83. The summed E-state index contributed by atoms with van der Waals surface area (Å²) in [7, 11) is 1.58. The van der Waals surface area contributed by atoms with Crippen molar-refractivity contribution in [2.45, 2.75) is 31.7 Å². The number of rotatable bonds is 5. The summed E-state index contributed by atoms with van der Waals surface area (Å²) in [6, 6.07) is -0.824. The number of amides is 3. The molecule has 0 aromatic heterocycles. The highest BCUT2D eigenvalue weighted by molar-refractivity contribution is 5.87. The van der Waals surface area contributed by atoms with Crippen molar-refractivity contribution in [3.8, 4) is 0 Å². The Labute approximate surface area is 106 Å². The Bertz CT molecular complexity index is 332. The molecular weight excluding hydrogens is 238 g/mol. The molecule has 7 nitrogen and oxygen atoms in total. The van der Waals surface area contributed by atoms with Crippen molar-refractivity contribution in [1.29, 1.82) is 0 Å². The molecule has 1 rings (SSSR count). The van der Waals surface area contributed by atoms with E-state index in [4.69, 9.17) is 5.11 Å². The molecule has 0 radical (unpaired) electrons. The van der Waals surface area contributed by atoms with Gasteiger partial charge in [0.1, 0.15) is 6.04 Å². The van der Waals surface area contributed by atoms with Gasteiger partial charge in [-0.2, -0.15) is 0 Å². The van der Waals surface area contributed by atoms with E-state index in [0.29, 0.717) is 25.9 Å². The third kappa shape index (κ3) is 4.60. The summed E-state index contributed by atoms with van der Waals surface area (Å²) in [5.41, 5.74) is 0. The zero-order valence-corrected chi connectivity index (χ0v) is 10.4. The Morgan fingerprint density at radius 3 is 2.89 bits per heavy atom. The van der Waals surface area contributed by atoms with Gasteiger partial charge in [-0.3, -0.25) is 9.59 Å². The largest absolute Gasteiger partial charge is 0.481 e. The van der Waals surface area contributed by atoms with E-state index in [2.05, 4.69) is 10.6 Å². The third-order valence-corrected chi connectivity index (χ3v) is 2.81. The number of nitrogens with one attached hydrogen (secondary N) is 2. The van der Waals surface area contributed by atoms with E-state index in [1.807, 2.05) is 0 Å².